The summed E-state index contributed by atoms with van der Waals surface area (Å²) in [6.07, 6.45) is 0. The van der Waals surface area contributed by atoms with E-state index in [-0.39, 0.29) is 5.91 Å². The van der Waals surface area contributed by atoms with Crippen LogP contribution in [0.25, 0.3) is 0 Å². The smallest absolute Gasteiger partial charge is 0.294 e. The third kappa shape index (κ3) is 3.25. The van der Waals surface area contributed by atoms with Crippen molar-refractivity contribution in [3.63, 3.8) is 0 Å². The second-order valence-corrected chi connectivity index (χ2v) is 5.03. The molecule has 0 spiro atoms. The molecule has 1 heterocycles. The van der Waals surface area contributed by atoms with Crippen molar-refractivity contribution in [2.45, 2.75) is 6.54 Å². The van der Waals surface area contributed by atoms with Crippen molar-refractivity contribution in [1.29, 1.82) is 0 Å². The van der Waals surface area contributed by atoms with Crippen LogP contribution in [0.1, 0.15) is 15.5 Å². The van der Waals surface area contributed by atoms with Gasteiger partial charge in [0.25, 0.3) is 5.91 Å². The molecule has 20 heavy (non-hydrogen) atoms. The largest absolute Gasteiger partial charge is 0.497 e. The molecule has 0 aliphatic heterocycles. The Hall–Kier alpha value is -2.12. The van der Waals surface area contributed by atoms with E-state index >= 15 is 0 Å². The maximum absolute atomic E-state index is 11.3. The molecule has 2 rings (SSSR count). The first-order valence-corrected chi connectivity index (χ1v) is 6.82. The average Bonchev–Trinajstić information content (AvgIpc) is 2.95. The van der Waals surface area contributed by atoms with Crippen molar-refractivity contribution in [3.8, 4) is 5.75 Å². The van der Waals surface area contributed by atoms with E-state index in [1.165, 1.54) is 11.3 Å². The van der Waals surface area contributed by atoms with Crippen LogP contribution in [0.4, 0.5) is 5.69 Å². The average molecular weight is 292 g/mol. The van der Waals surface area contributed by atoms with Crippen molar-refractivity contribution in [3.05, 3.63) is 40.3 Å². The monoisotopic (exact) mass is 292 g/mol. The molecule has 1 aromatic carbocycles. The number of anilines is 1. The van der Waals surface area contributed by atoms with E-state index in [1.54, 1.807) is 7.11 Å². The molecular weight excluding hydrogens is 276 g/mol. The number of benzene rings is 1. The van der Waals surface area contributed by atoms with Crippen LogP contribution in [-0.4, -0.2) is 25.0 Å². The fraction of sp³-hybridized carbons (Fsp3) is 0.231. The summed E-state index contributed by atoms with van der Waals surface area (Å²) in [5, 5.41) is 2.22. The Labute approximate surface area is 121 Å². The molecule has 1 aromatic heterocycles. The highest BCUT2D eigenvalue weighted by atomic mass is 32.1. The summed E-state index contributed by atoms with van der Waals surface area (Å²) >= 11 is 1.28. The number of nitrogens with two attached hydrogens (primary N) is 1. The number of carbonyl (C=O) groups excluding carboxylic acids is 1. The lowest BCUT2D eigenvalue weighted by atomic mass is 10.2. The number of thiazole rings is 1. The van der Waals surface area contributed by atoms with Crippen molar-refractivity contribution in [2.24, 2.45) is 5.84 Å². The molecule has 6 nitrogen and oxygen atoms in total. The van der Waals surface area contributed by atoms with E-state index in [1.807, 2.05) is 41.6 Å². The summed E-state index contributed by atoms with van der Waals surface area (Å²) in [6, 6.07) is 7.75. The van der Waals surface area contributed by atoms with Gasteiger partial charge >= 0.3 is 0 Å². The van der Waals surface area contributed by atoms with Crippen LogP contribution in [0.2, 0.25) is 0 Å². The van der Waals surface area contributed by atoms with Crippen molar-refractivity contribution in [1.82, 2.24) is 10.4 Å². The van der Waals surface area contributed by atoms with Gasteiger partial charge in [0.15, 0.2) is 5.01 Å². The van der Waals surface area contributed by atoms with Gasteiger partial charge < -0.3 is 9.64 Å². The zero-order valence-corrected chi connectivity index (χ0v) is 12.1. The number of rotatable bonds is 5. The highest BCUT2D eigenvalue weighted by molar-refractivity contribution is 7.11. The summed E-state index contributed by atoms with van der Waals surface area (Å²) in [5.74, 6) is 5.53. The van der Waals surface area contributed by atoms with Crippen LogP contribution in [0.3, 0.4) is 0 Å². The molecule has 0 fully saturated rings. The molecular formula is C13H16N4O2S. The molecule has 2 aromatic rings. The summed E-state index contributed by atoms with van der Waals surface area (Å²) in [7, 11) is 3.60. The van der Waals surface area contributed by atoms with Crippen LogP contribution in [0.15, 0.2) is 29.6 Å². The van der Waals surface area contributed by atoms with Crippen molar-refractivity contribution >= 4 is 22.9 Å². The maximum Gasteiger partial charge on any atom is 0.294 e. The van der Waals surface area contributed by atoms with Crippen LogP contribution < -0.4 is 20.9 Å². The number of methoxy groups -OCH3 is 1. The van der Waals surface area contributed by atoms with Gasteiger partial charge in [0, 0.05) is 18.1 Å². The minimum atomic E-state index is -0.367. The highest BCUT2D eigenvalue weighted by Gasteiger charge is 2.11. The van der Waals surface area contributed by atoms with Gasteiger partial charge in [-0.1, -0.05) is 0 Å². The lowest BCUT2D eigenvalue weighted by molar-refractivity contribution is 0.0953. The number of nitrogens with one attached hydrogen (secondary N) is 1. The van der Waals surface area contributed by atoms with E-state index in [0.29, 0.717) is 11.6 Å². The summed E-state index contributed by atoms with van der Waals surface area (Å²) in [5.41, 5.74) is 3.94. The number of nitrogen functional groups attached to an aromatic ring is 1. The normalized spacial score (nSPS) is 10.2. The standard InChI is InChI=1S/C13H16N4O2S/c1-17(10-3-5-11(19-2)6-4-10)7-9-8-20-13(15-9)12(18)16-14/h3-6,8H,7,14H2,1-2H3,(H,16,18). The number of nitrogens with zero attached hydrogens (tertiary/aromatic N) is 2. The number of hydrogen-bond donors (Lipinski definition) is 2. The fourth-order valence-corrected chi connectivity index (χ4v) is 2.43. The van der Waals surface area contributed by atoms with E-state index in [0.717, 1.165) is 17.1 Å². The van der Waals surface area contributed by atoms with Gasteiger partial charge in [-0.2, -0.15) is 0 Å². The first-order valence-electron chi connectivity index (χ1n) is 5.94. The minimum Gasteiger partial charge on any atom is -0.497 e. The predicted octanol–water partition coefficient (Wildman–Crippen LogP) is 1.39. The molecule has 0 aliphatic rings. The first kappa shape index (κ1) is 14.3. The van der Waals surface area contributed by atoms with Crippen LogP contribution in [0.5, 0.6) is 5.75 Å². The fourth-order valence-electron chi connectivity index (χ4n) is 1.72. The first-order chi connectivity index (χ1) is 9.63. The quantitative estimate of drug-likeness (QED) is 0.494. The van der Waals surface area contributed by atoms with Gasteiger partial charge in [0.2, 0.25) is 0 Å². The number of ether oxygens (including phenoxy) is 1. The number of amides is 1. The highest BCUT2D eigenvalue weighted by Crippen LogP contribution is 2.20. The van der Waals surface area contributed by atoms with Gasteiger partial charge in [-0.25, -0.2) is 10.8 Å². The van der Waals surface area contributed by atoms with E-state index in [4.69, 9.17) is 10.6 Å². The topological polar surface area (TPSA) is 80.5 Å². The lowest BCUT2D eigenvalue weighted by Crippen LogP contribution is -2.29. The van der Waals surface area contributed by atoms with Crippen molar-refractivity contribution < 1.29 is 9.53 Å². The molecule has 0 unspecified atom stereocenters. The predicted molar refractivity (Wildman–Crippen MR) is 78.9 cm³/mol. The zero-order valence-electron chi connectivity index (χ0n) is 11.3. The zero-order chi connectivity index (χ0) is 14.5. The van der Waals surface area contributed by atoms with Gasteiger partial charge in [-0.05, 0) is 24.3 Å². The molecule has 0 radical (unpaired) electrons. The molecule has 7 heteroatoms. The molecule has 0 bridgehead atoms. The van der Waals surface area contributed by atoms with E-state index in [9.17, 15) is 4.79 Å². The lowest BCUT2D eigenvalue weighted by Gasteiger charge is -2.18. The minimum absolute atomic E-state index is 0.366. The Morgan fingerprint density at radius 1 is 1.45 bits per heavy atom. The Morgan fingerprint density at radius 3 is 2.75 bits per heavy atom. The molecule has 1 amide bonds. The second kappa shape index (κ2) is 6.36. The van der Waals surface area contributed by atoms with E-state index in [2.05, 4.69) is 10.4 Å². The van der Waals surface area contributed by atoms with E-state index < -0.39 is 0 Å². The Bertz CT molecular complexity index is 582. The maximum atomic E-state index is 11.3. The van der Waals surface area contributed by atoms with Gasteiger partial charge in [-0.3, -0.25) is 10.2 Å². The molecule has 0 atom stereocenters. The van der Waals surface area contributed by atoms with Gasteiger partial charge in [-0.15, -0.1) is 11.3 Å². The SMILES string of the molecule is COc1ccc(N(C)Cc2csc(C(=O)NN)n2)cc1. The second-order valence-electron chi connectivity index (χ2n) is 4.17. The Morgan fingerprint density at radius 2 is 2.15 bits per heavy atom. The Balaban J connectivity index is 2.04. The third-order valence-electron chi connectivity index (χ3n) is 2.79. The third-order valence-corrected chi connectivity index (χ3v) is 3.68. The van der Waals surface area contributed by atoms with Gasteiger partial charge in [0.05, 0.1) is 19.3 Å². The molecule has 0 aliphatic carbocycles. The summed E-state index contributed by atoms with van der Waals surface area (Å²) in [6.45, 7) is 0.612. The number of aromatic nitrogens is 1. The summed E-state index contributed by atoms with van der Waals surface area (Å²) in [4.78, 5) is 17.6. The van der Waals surface area contributed by atoms with Crippen LogP contribution >= 0.6 is 11.3 Å². The number of hydrazine groups is 1. The van der Waals surface area contributed by atoms with Crippen LogP contribution in [0, 0.1) is 0 Å². The number of carbonyl (C=O) groups is 1. The van der Waals surface area contributed by atoms with Crippen LogP contribution in [-0.2, 0) is 6.54 Å². The molecule has 3 N–H and O–H groups in total. The van der Waals surface area contributed by atoms with Gasteiger partial charge in [0.1, 0.15) is 5.75 Å². The summed E-state index contributed by atoms with van der Waals surface area (Å²) < 4.78 is 5.12. The Kier molecular flexibility index (Phi) is 4.54. The molecule has 0 saturated heterocycles. The molecule has 0 saturated carbocycles. The number of hydrogen-bond acceptors (Lipinski definition) is 6. The van der Waals surface area contributed by atoms with Crippen molar-refractivity contribution in [2.75, 3.05) is 19.1 Å². The molecule has 106 valence electrons.